The Morgan fingerprint density at radius 1 is 1.24 bits per heavy atom. The van der Waals surface area contributed by atoms with Crippen molar-refractivity contribution in [2.24, 2.45) is 11.3 Å². The number of nitrogens with one attached hydrogen (secondary N) is 1. The van der Waals surface area contributed by atoms with E-state index in [1.54, 1.807) is 0 Å². The first-order chi connectivity index (χ1) is 9.92. The van der Waals surface area contributed by atoms with Crippen molar-refractivity contribution in [3.05, 3.63) is 35.4 Å². The van der Waals surface area contributed by atoms with Gasteiger partial charge in [-0.05, 0) is 50.3 Å². The Kier molecular flexibility index (Phi) is 5.45. The maximum Gasteiger partial charge on any atom is 0.0230 e. The van der Waals surface area contributed by atoms with Gasteiger partial charge in [-0.2, -0.15) is 0 Å². The quantitative estimate of drug-likeness (QED) is 0.855. The van der Waals surface area contributed by atoms with Gasteiger partial charge in [0.2, 0.25) is 0 Å². The molecule has 0 aromatic heterocycles. The molecule has 0 radical (unpaired) electrons. The molecule has 118 valence electrons. The van der Waals surface area contributed by atoms with E-state index in [-0.39, 0.29) is 0 Å². The second-order valence-corrected chi connectivity index (χ2v) is 7.51. The van der Waals surface area contributed by atoms with Crippen molar-refractivity contribution in [2.75, 3.05) is 20.1 Å². The molecular weight excluding hydrogens is 256 g/mol. The first kappa shape index (κ1) is 16.5. The minimum atomic E-state index is 0.436. The zero-order chi connectivity index (χ0) is 15.5. The lowest BCUT2D eigenvalue weighted by Crippen LogP contribution is -2.45. The summed E-state index contributed by atoms with van der Waals surface area (Å²) in [5.41, 5.74) is 3.19. The summed E-state index contributed by atoms with van der Waals surface area (Å²) in [5, 5.41) is 3.73. The Morgan fingerprint density at radius 3 is 2.52 bits per heavy atom. The molecule has 2 rings (SSSR count). The van der Waals surface area contributed by atoms with E-state index >= 15 is 0 Å². The molecule has 1 aromatic carbocycles. The molecule has 0 bridgehead atoms. The zero-order valence-corrected chi connectivity index (χ0v) is 14.4. The van der Waals surface area contributed by atoms with Crippen molar-refractivity contribution in [3.8, 4) is 0 Å². The van der Waals surface area contributed by atoms with Gasteiger partial charge in [0.1, 0.15) is 0 Å². The van der Waals surface area contributed by atoms with Gasteiger partial charge in [-0.1, -0.05) is 50.6 Å². The molecular formula is C19H32N2. The van der Waals surface area contributed by atoms with Gasteiger partial charge in [-0.3, -0.25) is 0 Å². The second-order valence-electron chi connectivity index (χ2n) is 7.51. The highest BCUT2D eigenvalue weighted by atomic mass is 15.1. The molecule has 2 unspecified atom stereocenters. The van der Waals surface area contributed by atoms with Crippen LogP contribution in [0, 0.1) is 18.3 Å². The molecule has 1 saturated carbocycles. The number of benzene rings is 1. The zero-order valence-electron chi connectivity index (χ0n) is 14.4. The Hall–Kier alpha value is -0.860. The van der Waals surface area contributed by atoms with E-state index in [4.69, 9.17) is 0 Å². The first-order valence-electron chi connectivity index (χ1n) is 8.40. The van der Waals surface area contributed by atoms with Gasteiger partial charge in [-0.25, -0.2) is 0 Å². The third-order valence-corrected chi connectivity index (χ3v) is 5.02. The van der Waals surface area contributed by atoms with Crippen LogP contribution in [0.1, 0.15) is 44.7 Å². The molecule has 1 N–H and O–H groups in total. The number of aryl methyl sites for hydroxylation is 1. The molecule has 2 atom stereocenters. The Bertz CT molecular complexity index is 435. The van der Waals surface area contributed by atoms with Crippen LogP contribution in [-0.4, -0.2) is 31.1 Å². The van der Waals surface area contributed by atoms with Crippen LogP contribution >= 0.6 is 0 Å². The molecule has 0 saturated heterocycles. The minimum Gasteiger partial charge on any atom is -0.313 e. The summed E-state index contributed by atoms with van der Waals surface area (Å²) in [6, 6.07) is 9.59. The maximum absolute atomic E-state index is 3.73. The van der Waals surface area contributed by atoms with Crippen molar-refractivity contribution in [3.63, 3.8) is 0 Å². The van der Waals surface area contributed by atoms with Crippen LogP contribution in [0.3, 0.4) is 0 Å². The molecule has 1 aliphatic rings. The fourth-order valence-electron chi connectivity index (χ4n) is 3.85. The highest BCUT2D eigenvalue weighted by Crippen LogP contribution is 2.41. The standard InChI is InChI=1S/C19H32N2/c1-6-20-18-17(11-12-19(18,3)4)14-21(5)13-16-9-7-15(2)8-10-16/h7-10,17-18,20H,6,11-14H2,1-5H3. The summed E-state index contributed by atoms with van der Waals surface area (Å²) in [7, 11) is 2.26. The lowest BCUT2D eigenvalue weighted by Gasteiger charge is -2.33. The maximum atomic E-state index is 3.73. The number of nitrogens with zero attached hydrogens (tertiary/aromatic N) is 1. The van der Waals surface area contributed by atoms with E-state index in [9.17, 15) is 0 Å². The monoisotopic (exact) mass is 288 g/mol. The average molecular weight is 288 g/mol. The summed E-state index contributed by atoms with van der Waals surface area (Å²) in [6.45, 7) is 12.5. The topological polar surface area (TPSA) is 15.3 Å². The van der Waals surface area contributed by atoms with Crippen molar-refractivity contribution in [1.29, 1.82) is 0 Å². The van der Waals surface area contributed by atoms with E-state index < -0.39 is 0 Å². The highest BCUT2D eigenvalue weighted by molar-refractivity contribution is 5.21. The summed E-state index contributed by atoms with van der Waals surface area (Å²) >= 11 is 0. The largest absolute Gasteiger partial charge is 0.313 e. The van der Waals surface area contributed by atoms with Crippen molar-refractivity contribution in [1.82, 2.24) is 10.2 Å². The molecule has 21 heavy (non-hydrogen) atoms. The molecule has 2 heteroatoms. The van der Waals surface area contributed by atoms with Gasteiger partial charge in [0.05, 0.1) is 0 Å². The van der Waals surface area contributed by atoms with Crippen molar-refractivity contribution < 1.29 is 0 Å². The van der Waals surface area contributed by atoms with E-state index in [1.165, 1.54) is 30.5 Å². The van der Waals surface area contributed by atoms with Gasteiger partial charge >= 0.3 is 0 Å². The minimum absolute atomic E-state index is 0.436. The Balaban J connectivity index is 1.92. The molecule has 1 fully saturated rings. The molecule has 0 aliphatic heterocycles. The predicted octanol–water partition coefficient (Wildman–Crippen LogP) is 3.84. The van der Waals surface area contributed by atoms with E-state index in [0.29, 0.717) is 11.5 Å². The third kappa shape index (κ3) is 4.31. The summed E-state index contributed by atoms with van der Waals surface area (Å²) in [6.07, 6.45) is 2.69. The van der Waals surface area contributed by atoms with E-state index in [1.807, 2.05) is 0 Å². The predicted molar refractivity (Wildman–Crippen MR) is 91.5 cm³/mol. The van der Waals surface area contributed by atoms with Gasteiger partial charge in [0.15, 0.2) is 0 Å². The number of rotatable bonds is 6. The fraction of sp³-hybridized carbons (Fsp3) is 0.684. The Labute approximate surface area is 130 Å². The van der Waals surface area contributed by atoms with Gasteiger partial charge in [-0.15, -0.1) is 0 Å². The van der Waals surface area contributed by atoms with Crippen molar-refractivity contribution >= 4 is 0 Å². The molecule has 0 heterocycles. The Morgan fingerprint density at radius 2 is 1.90 bits per heavy atom. The van der Waals surface area contributed by atoms with Crippen LogP contribution in [0.15, 0.2) is 24.3 Å². The average Bonchev–Trinajstić information content (AvgIpc) is 2.69. The molecule has 0 spiro atoms. The lowest BCUT2D eigenvalue weighted by atomic mass is 9.84. The van der Waals surface area contributed by atoms with Gasteiger partial charge in [0.25, 0.3) is 0 Å². The molecule has 1 aromatic rings. The molecule has 2 nitrogen and oxygen atoms in total. The number of hydrogen-bond acceptors (Lipinski definition) is 2. The van der Waals surface area contributed by atoms with Crippen LogP contribution in [0.2, 0.25) is 0 Å². The van der Waals surface area contributed by atoms with Crippen molar-refractivity contribution in [2.45, 2.75) is 53.1 Å². The summed E-state index contributed by atoms with van der Waals surface area (Å²) < 4.78 is 0. The van der Waals surface area contributed by atoms with Gasteiger partial charge < -0.3 is 10.2 Å². The normalized spacial score (nSPS) is 24.7. The van der Waals surface area contributed by atoms with Crippen LogP contribution in [0.4, 0.5) is 0 Å². The van der Waals surface area contributed by atoms with Crippen LogP contribution in [0.5, 0.6) is 0 Å². The fourth-order valence-corrected chi connectivity index (χ4v) is 3.85. The third-order valence-electron chi connectivity index (χ3n) is 5.02. The van der Waals surface area contributed by atoms with Crippen LogP contribution in [0.25, 0.3) is 0 Å². The lowest BCUT2D eigenvalue weighted by molar-refractivity contribution is 0.202. The van der Waals surface area contributed by atoms with Crippen LogP contribution < -0.4 is 5.32 Å². The second kappa shape index (κ2) is 6.93. The SMILES string of the molecule is CCNC1C(CN(C)Cc2ccc(C)cc2)CCC1(C)C. The van der Waals surface area contributed by atoms with E-state index in [2.05, 4.69) is 69.2 Å². The summed E-state index contributed by atoms with van der Waals surface area (Å²) in [5.74, 6) is 0.774. The molecule has 1 aliphatic carbocycles. The van der Waals surface area contributed by atoms with E-state index in [0.717, 1.165) is 19.0 Å². The molecule has 0 amide bonds. The smallest absolute Gasteiger partial charge is 0.0230 e. The van der Waals surface area contributed by atoms with Crippen LogP contribution in [-0.2, 0) is 6.54 Å². The number of hydrogen-bond donors (Lipinski definition) is 1. The summed E-state index contributed by atoms with van der Waals surface area (Å²) in [4.78, 5) is 2.49. The highest BCUT2D eigenvalue weighted by Gasteiger charge is 2.41. The van der Waals surface area contributed by atoms with Gasteiger partial charge in [0, 0.05) is 19.1 Å². The first-order valence-corrected chi connectivity index (χ1v) is 8.40.